The largest absolute Gasteiger partial charge is 0.341 e. The number of carbonyl (C=O) groups is 2. The second-order valence-electron chi connectivity index (χ2n) is 8.28. The van der Waals surface area contributed by atoms with Gasteiger partial charge in [-0.3, -0.25) is 14.5 Å². The maximum atomic E-state index is 13.4. The molecule has 0 aliphatic carbocycles. The van der Waals surface area contributed by atoms with Gasteiger partial charge in [0, 0.05) is 25.3 Å². The first kappa shape index (κ1) is 19.6. The summed E-state index contributed by atoms with van der Waals surface area (Å²) in [6.45, 7) is 6.61. The summed E-state index contributed by atoms with van der Waals surface area (Å²) in [4.78, 5) is 30.2. The molecule has 2 heterocycles. The highest BCUT2D eigenvalue weighted by molar-refractivity contribution is 5.93. The van der Waals surface area contributed by atoms with Crippen LogP contribution in [0.2, 0.25) is 0 Å². The van der Waals surface area contributed by atoms with Gasteiger partial charge in [0.2, 0.25) is 11.8 Å². The van der Waals surface area contributed by atoms with Gasteiger partial charge in [0.05, 0.1) is 6.54 Å². The minimum atomic E-state index is -0.372. The Bertz CT molecular complexity index is 898. The molecule has 0 spiro atoms. The lowest BCUT2D eigenvalue weighted by Crippen LogP contribution is -2.47. The predicted molar refractivity (Wildman–Crippen MR) is 115 cm³/mol. The van der Waals surface area contributed by atoms with Crippen LogP contribution in [-0.2, 0) is 16.0 Å². The minimum absolute atomic E-state index is 0.0754. The monoisotopic (exact) mass is 391 g/mol. The van der Waals surface area contributed by atoms with E-state index in [1.165, 1.54) is 5.56 Å². The summed E-state index contributed by atoms with van der Waals surface area (Å²) >= 11 is 0. The maximum absolute atomic E-state index is 13.4. The van der Waals surface area contributed by atoms with Crippen LogP contribution in [0.1, 0.15) is 41.1 Å². The van der Waals surface area contributed by atoms with Crippen molar-refractivity contribution in [2.45, 2.75) is 39.2 Å². The molecule has 2 aliphatic rings. The molecule has 152 valence electrons. The Morgan fingerprint density at radius 3 is 2.41 bits per heavy atom. The smallest absolute Gasteiger partial charge is 0.244 e. The number of likely N-dealkylation sites (tertiary alicyclic amines) is 1. The van der Waals surface area contributed by atoms with Gasteiger partial charge in [-0.05, 0) is 67.5 Å². The van der Waals surface area contributed by atoms with Crippen LogP contribution in [0.5, 0.6) is 0 Å². The van der Waals surface area contributed by atoms with Crippen LogP contribution in [0.25, 0.3) is 0 Å². The van der Waals surface area contributed by atoms with E-state index in [0.29, 0.717) is 6.54 Å². The highest BCUT2D eigenvalue weighted by Gasteiger charge is 2.37. The highest BCUT2D eigenvalue weighted by Crippen LogP contribution is 2.32. The molecule has 1 saturated heterocycles. The van der Waals surface area contributed by atoms with E-state index < -0.39 is 0 Å². The maximum Gasteiger partial charge on any atom is 0.244 e. The van der Waals surface area contributed by atoms with E-state index in [2.05, 4.69) is 17.4 Å². The van der Waals surface area contributed by atoms with Gasteiger partial charge in [-0.25, -0.2) is 0 Å². The molecule has 0 bridgehead atoms. The van der Waals surface area contributed by atoms with Crippen molar-refractivity contribution in [1.82, 2.24) is 9.80 Å². The number of anilines is 1. The van der Waals surface area contributed by atoms with E-state index in [0.717, 1.165) is 54.7 Å². The van der Waals surface area contributed by atoms with Crippen molar-refractivity contribution < 1.29 is 9.59 Å². The van der Waals surface area contributed by atoms with Crippen LogP contribution in [0.4, 0.5) is 5.69 Å². The van der Waals surface area contributed by atoms with Gasteiger partial charge in [0.15, 0.2) is 0 Å². The average Bonchev–Trinajstić information content (AvgIpc) is 3.21. The van der Waals surface area contributed by atoms with Crippen molar-refractivity contribution in [3.63, 3.8) is 0 Å². The van der Waals surface area contributed by atoms with E-state index in [9.17, 15) is 9.59 Å². The second-order valence-corrected chi connectivity index (χ2v) is 8.28. The number of carbonyl (C=O) groups excluding carboxylic acids is 2. The molecular formula is C24H29N3O2. The number of hydrogen-bond acceptors (Lipinski definition) is 3. The number of fused-ring (bicyclic) bond motifs is 1. The summed E-state index contributed by atoms with van der Waals surface area (Å²) in [6, 6.07) is 13.8. The summed E-state index contributed by atoms with van der Waals surface area (Å²) in [5.41, 5.74) is 5.32. The first-order valence-electron chi connectivity index (χ1n) is 10.5. The lowest BCUT2D eigenvalue weighted by atomic mass is 9.91. The van der Waals surface area contributed by atoms with E-state index in [4.69, 9.17) is 0 Å². The van der Waals surface area contributed by atoms with Crippen molar-refractivity contribution in [2.24, 2.45) is 0 Å². The van der Waals surface area contributed by atoms with Gasteiger partial charge >= 0.3 is 0 Å². The normalized spacial score (nSPS) is 19.1. The SMILES string of the molecule is Cc1cc(C)cc(NC(=O)CN2CCc3ccccc3C2C(=O)N2CCCC2)c1. The fourth-order valence-electron chi connectivity index (χ4n) is 4.62. The topological polar surface area (TPSA) is 52.7 Å². The molecule has 2 amide bonds. The summed E-state index contributed by atoms with van der Waals surface area (Å²) in [5, 5.41) is 3.02. The first-order valence-corrected chi connectivity index (χ1v) is 10.5. The van der Waals surface area contributed by atoms with E-state index in [1.807, 2.05) is 54.0 Å². The molecule has 0 aromatic heterocycles. The zero-order chi connectivity index (χ0) is 20.4. The minimum Gasteiger partial charge on any atom is -0.341 e. The first-order chi connectivity index (χ1) is 14.0. The lowest BCUT2D eigenvalue weighted by molar-refractivity contribution is -0.137. The van der Waals surface area contributed by atoms with Crippen LogP contribution < -0.4 is 5.32 Å². The van der Waals surface area contributed by atoms with Crippen LogP contribution in [0.3, 0.4) is 0 Å². The van der Waals surface area contributed by atoms with Gasteiger partial charge < -0.3 is 10.2 Å². The van der Waals surface area contributed by atoms with Crippen molar-refractivity contribution in [3.8, 4) is 0 Å². The summed E-state index contributed by atoms with van der Waals surface area (Å²) in [6.07, 6.45) is 2.98. The Hall–Kier alpha value is -2.66. The van der Waals surface area contributed by atoms with E-state index in [1.54, 1.807) is 0 Å². The Morgan fingerprint density at radius 1 is 1.00 bits per heavy atom. The second kappa shape index (κ2) is 8.37. The number of rotatable bonds is 4. The summed E-state index contributed by atoms with van der Waals surface area (Å²) < 4.78 is 0. The van der Waals surface area contributed by atoms with Crippen molar-refractivity contribution in [3.05, 3.63) is 64.7 Å². The number of nitrogens with one attached hydrogen (secondary N) is 1. The number of hydrogen-bond donors (Lipinski definition) is 1. The molecule has 1 atom stereocenters. The van der Waals surface area contributed by atoms with Crippen LogP contribution >= 0.6 is 0 Å². The number of nitrogens with zero attached hydrogens (tertiary/aromatic N) is 2. The van der Waals surface area contributed by atoms with Crippen LogP contribution in [0, 0.1) is 13.8 Å². The molecule has 0 saturated carbocycles. The molecule has 2 aliphatic heterocycles. The Morgan fingerprint density at radius 2 is 1.69 bits per heavy atom. The third kappa shape index (κ3) is 4.35. The lowest BCUT2D eigenvalue weighted by Gasteiger charge is -2.37. The Kier molecular flexibility index (Phi) is 5.67. The molecule has 5 nitrogen and oxygen atoms in total. The number of aryl methyl sites for hydroxylation is 2. The molecule has 29 heavy (non-hydrogen) atoms. The van der Waals surface area contributed by atoms with Gasteiger partial charge in [-0.1, -0.05) is 30.3 Å². The standard InChI is InChI=1S/C24H29N3O2/c1-17-13-18(2)15-20(14-17)25-22(28)16-27-12-9-19-7-3-4-8-21(19)23(27)24(29)26-10-5-6-11-26/h3-4,7-8,13-15,23H,5-6,9-12,16H2,1-2H3,(H,25,28). The van der Waals surface area contributed by atoms with Gasteiger partial charge in [-0.2, -0.15) is 0 Å². The van der Waals surface area contributed by atoms with Gasteiger partial charge in [-0.15, -0.1) is 0 Å². The molecule has 2 aromatic carbocycles. The summed E-state index contributed by atoms with van der Waals surface area (Å²) in [5.74, 6) is 0.0578. The molecule has 1 fully saturated rings. The zero-order valence-corrected chi connectivity index (χ0v) is 17.3. The molecule has 1 unspecified atom stereocenters. The average molecular weight is 392 g/mol. The summed E-state index contributed by atoms with van der Waals surface area (Å²) in [7, 11) is 0. The quantitative estimate of drug-likeness (QED) is 0.868. The highest BCUT2D eigenvalue weighted by atomic mass is 16.2. The fourth-order valence-corrected chi connectivity index (χ4v) is 4.62. The number of benzene rings is 2. The molecule has 4 rings (SSSR count). The zero-order valence-electron chi connectivity index (χ0n) is 17.3. The Balaban J connectivity index is 1.54. The molecule has 5 heteroatoms. The molecule has 2 aromatic rings. The fraction of sp³-hybridized carbons (Fsp3) is 0.417. The van der Waals surface area contributed by atoms with Crippen molar-refractivity contribution in [1.29, 1.82) is 0 Å². The van der Waals surface area contributed by atoms with Crippen LogP contribution in [-0.4, -0.2) is 47.8 Å². The predicted octanol–water partition coefficient (Wildman–Crippen LogP) is 3.46. The van der Waals surface area contributed by atoms with E-state index in [-0.39, 0.29) is 24.4 Å². The Labute approximate surface area is 172 Å². The molecule has 1 N–H and O–H groups in total. The van der Waals surface area contributed by atoms with Gasteiger partial charge in [0.1, 0.15) is 6.04 Å². The third-order valence-electron chi connectivity index (χ3n) is 5.89. The van der Waals surface area contributed by atoms with E-state index >= 15 is 0 Å². The van der Waals surface area contributed by atoms with Gasteiger partial charge in [0.25, 0.3) is 0 Å². The van der Waals surface area contributed by atoms with Crippen molar-refractivity contribution in [2.75, 3.05) is 31.5 Å². The molecular weight excluding hydrogens is 362 g/mol. The number of amides is 2. The third-order valence-corrected chi connectivity index (χ3v) is 5.89. The molecule has 0 radical (unpaired) electrons. The van der Waals surface area contributed by atoms with Crippen LogP contribution in [0.15, 0.2) is 42.5 Å². The van der Waals surface area contributed by atoms with Crippen molar-refractivity contribution >= 4 is 17.5 Å².